The van der Waals surface area contributed by atoms with E-state index < -0.39 is 17.8 Å². The smallest absolute Gasteiger partial charge is 0.335 e. The first-order chi connectivity index (χ1) is 15.5. The van der Waals surface area contributed by atoms with Crippen LogP contribution in [0, 0.1) is 5.82 Å². The molecule has 0 saturated carbocycles. The van der Waals surface area contributed by atoms with Crippen LogP contribution in [0.2, 0.25) is 0 Å². The maximum atomic E-state index is 14.4. The molecule has 0 aliphatic heterocycles. The molecule has 32 heavy (non-hydrogen) atoms. The van der Waals surface area contributed by atoms with Gasteiger partial charge in [-0.1, -0.05) is 55.6 Å². The number of rotatable bonds is 8. The normalized spacial score (nSPS) is 10.4. The highest BCUT2D eigenvalue weighted by Crippen LogP contribution is 2.29. The van der Waals surface area contributed by atoms with Gasteiger partial charge in [-0.3, -0.25) is 0 Å². The maximum absolute atomic E-state index is 14.4. The Morgan fingerprint density at radius 1 is 0.719 bits per heavy atom. The molecule has 0 N–H and O–H groups in total. The van der Waals surface area contributed by atoms with Crippen molar-refractivity contribution in [3.8, 4) is 33.8 Å². The van der Waals surface area contributed by atoms with E-state index in [1.807, 2.05) is 36.4 Å². The van der Waals surface area contributed by atoms with Crippen molar-refractivity contribution >= 4 is 11.9 Å². The maximum Gasteiger partial charge on any atom is 0.335 e. The van der Waals surface area contributed by atoms with Crippen LogP contribution < -0.4 is 9.47 Å². The van der Waals surface area contributed by atoms with Crippen LogP contribution in [0.4, 0.5) is 4.39 Å². The molecule has 3 aromatic rings. The second kappa shape index (κ2) is 10.5. The predicted octanol–water partition coefficient (Wildman–Crippen LogP) is 5.83. The van der Waals surface area contributed by atoms with Gasteiger partial charge < -0.3 is 14.2 Å². The zero-order valence-corrected chi connectivity index (χ0v) is 17.0. The Labute approximate surface area is 184 Å². The number of carbonyl (C=O) groups excluding carboxylic acids is 2. The summed E-state index contributed by atoms with van der Waals surface area (Å²) in [4.78, 5) is 22.2. The van der Waals surface area contributed by atoms with Gasteiger partial charge in [0.1, 0.15) is 18.3 Å². The lowest BCUT2D eigenvalue weighted by atomic mass is 10.00. The third-order valence-corrected chi connectivity index (χ3v) is 4.32. The Hall–Kier alpha value is -4.45. The molecule has 0 amide bonds. The summed E-state index contributed by atoms with van der Waals surface area (Å²) in [5, 5.41) is 0. The molecule has 0 spiro atoms. The van der Waals surface area contributed by atoms with E-state index >= 15 is 0 Å². The zero-order valence-electron chi connectivity index (χ0n) is 17.0. The van der Waals surface area contributed by atoms with Crippen LogP contribution in [0.3, 0.4) is 0 Å². The Kier molecular flexibility index (Phi) is 7.33. The van der Waals surface area contributed by atoms with E-state index in [1.54, 1.807) is 18.2 Å². The summed E-state index contributed by atoms with van der Waals surface area (Å²) in [7, 11) is 0. The van der Waals surface area contributed by atoms with Gasteiger partial charge in [0, 0.05) is 12.2 Å². The minimum Gasteiger partial charge on any atom is -0.459 e. The van der Waals surface area contributed by atoms with E-state index in [2.05, 4.69) is 17.9 Å². The van der Waals surface area contributed by atoms with Crippen molar-refractivity contribution in [3.63, 3.8) is 0 Å². The molecular formula is C26H19FO5. The lowest BCUT2D eigenvalue weighted by Crippen LogP contribution is -2.02. The number of benzene rings is 3. The number of hydrogen-bond donors (Lipinski definition) is 0. The van der Waals surface area contributed by atoms with E-state index in [1.165, 1.54) is 12.1 Å². The van der Waals surface area contributed by atoms with E-state index in [-0.39, 0.29) is 5.75 Å². The Bertz CT molecular complexity index is 1160. The highest BCUT2D eigenvalue weighted by molar-refractivity contribution is 5.83. The molecular weight excluding hydrogens is 411 g/mol. The van der Waals surface area contributed by atoms with Gasteiger partial charge in [-0.05, 0) is 46.5 Å². The van der Waals surface area contributed by atoms with Gasteiger partial charge in [0.2, 0.25) is 0 Å². The number of halogens is 1. The van der Waals surface area contributed by atoms with E-state index in [4.69, 9.17) is 9.47 Å². The van der Waals surface area contributed by atoms with Gasteiger partial charge in [0.15, 0.2) is 11.6 Å². The first-order valence-corrected chi connectivity index (χ1v) is 9.49. The fourth-order valence-electron chi connectivity index (χ4n) is 2.75. The fraction of sp³-hybridized carbons (Fsp3) is 0. The summed E-state index contributed by atoms with van der Waals surface area (Å²) in [5.74, 6) is -1.29. The molecule has 0 aliphatic carbocycles. The van der Waals surface area contributed by atoms with Gasteiger partial charge in [0.25, 0.3) is 0 Å². The van der Waals surface area contributed by atoms with Crippen molar-refractivity contribution in [1.29, 1.82) is 0 Å². The summed E-state index contributed by atoms with van der Waals surface area (Å²) in [6.07, 6.45) is 4.18. The molecule has 5 nitrogen and oxygen atoms in total. The average Bonchev–Trinajstić information content (AvgIpc) is 2.83. The van der Waals surface area contributed by atoms with Gasteiger partial charge in [0.05, 0.1) is 0 Å². The van der Waals surface area contributed by atoms with Crippen LogP contribution >= 0.6 is 0 Å². The van der Waals surface area contributed by atoms with Crippen molar-refractivity contribution in [1.82, 2.24) is 0 Å². The molecule has 160 valence electrons. The molecule has 0 fully saturated rings. The molecule has 0 aliphatic rings. The van der Waals surface area contributed by atoms with Gasteiger partial charge >= 0.3 is 11.9 Å². The predicted molar refractivity (Wildman–Crippen MR) is 119 cm³/mol. The second-order valence-electron chi connectivity index (χ2n) is 6.40. The third-order valence-electron chi connectivity index (χ3n) is 4.32. The highest BCUT2D eigenvalue weighted by atomic mass is 19.1. The van der Waals surface area contributed by atoms with E-state index in [9.17, 15) is 14.0 Å². The molecule has 0 saturated heterocycles. The Balaban J connectivity index is 1.68. The number of hydrogen-bond acceptors (Lipinski definition) is 5. The zero-order chi connectivity index (χ0) is 22.9. The molecule has 3 aromatic carbocycles. The molecule has 0 bridgehead atoms. The van der Waals surface area contributed by atoms with Crippen LogP contribution in [0.25, 0.3) is 22.3 Å². The number of ether oxygens (including phenoxy) is 3. The van der Waals surface area contributed by atoms with E-state index in [0.29, 0.717) is 11.3 Å². The Morgan fingerprint density at radius 3 is 1.81 bits per heavy atom. The molecule has 6 heteroatoms. The number of esters is 2. The van der Waals surface area contributed by atoms with Crippen LogP contribution in [-0.2, 0) is 14.3 Å². The van der Waals surface area contributed by atoms with Crippen molar-refractivity contribution < 1.29 is 28.2 Å². The summed E-state index contributed by atoms with van der Waals surface area (Å²) >= 11 is 0. The van der Waals surface area contributed by atoms with Gasteiger partial charge in [-0.15, -0.1) is 0 Å². The third kappa shape index (κ3) is 5.79. The lowest BCUT2D eigenvalue weighted by Gasteiger charge is -2.08. The van der Waals surface area contributed by atoms with E-state index in [0.717, 1.165) is 41.4 Å². The van der Waals surface area contributed by atoms with Crippen molar-refractivity contribution in [2.24, 2.45) is 0 Å². The second-order valence-corrected chi connectivity index (χ2v) is 6.40. The Morgan fingerprint density at radius 2 is 1.25 bits per heavy atom. The summed E-state index contributed by atoms with van der Waals surface area (Å²) < 4.78 is 29.2. The van der Waals surface area contributed by atoms with Gasteiger partial charge in [-0.25, -0.2) is 14.0 Å². The van der Waals surface area contributed by atoms with Gasteiger partial charge in [-0.2, -0.15) is 0 Å². The molecule has 0 heterocycles. The monoisotopic (exact) mass is 430 g/mol. The molecule has 3 rings (SSSR count). The van der Waals surface area contributed by atoms with Crippen LogP contribution in [0.15, 0.2) is 105 Å². The van der Waals surface area contributed by atoms with Crippen molar-refractivity contribution in [2.75, 3.05) is 0 Å². The molecule has 0 unspecified atom stereocenters. The topological polar surface area (TPSA) is 61.8 Å². The van der Waals surface area contributed by atoms with Crippen LogP contribution in [-0.4, -0.2) is 11.9 Å². The summed E-state index contributed by atoms with van der Waals surface area (Å²) in [6.45, 7) is 6.62. The first-order valence-electron chi connectivity index (χ1n) is 9.49. The minimum atomic E-state index is -0.642. The van der Waals surface area contributed by atoms with Crippen LogP contribution in [0.1, 0.15) is 0 Å². The molecule has 0 atom stereocenters. The average molecular weight is 430 g/mol. The largest absolute Gasteiger partial charge is 0.459 e. The summed E-state index contributed by atoms with van der Waals surface area (Å²) in [5.41, 5.74) is 3.39. The standard InChI is InChI=1S/C26H19FO5/c1-3-25(28)31-16-15-30-24-14-11-21(17-23(24)27)20-7-5-18(6-8-20)19-9-12-22(13-10-19)32-26(29)4-2/h3-17H,1-2H2. The quantitative estimate of drug-likeness (QED) is 0.195. The molecule has 0 aromatic heterocycles. The van der Waals surface area contributed by atoms with Crippen LogP contribution in [0.5, 0.6) is 11.5 Å². The highest BCUT2D eigenvalue weighted by Gasteiger charge is 2.07. The van der Waals surface area contributed by atoms with Crippen molar-refractivity contribution in [3.05, 3.63) is 110 Å². The number of carbonyl (C=O) groups is 2. The van der Waals surface area contributed by atoms with Crippen molar-refractivity contribution in [2.45, 2.75) is 0 Å². The minimum absolute atomic E-state index is 0.00600. The summed E-state index contributed by atoms with van der Waals surface area (Å²) in [6, 6.07) is 19.2. The molecule has 0 radical (unpaired) electrons. The lowest BCUT2D eigenvalue weighted by molar-refractivity contribution is -0.132. The first kappa shape index (κ1) is 22.2. The SMILES string of the molecule is C=CC(=O)OC=COc1ccc(-c2ccc(-c3ccc(OC(=O)C=C)cc3)cc2)cc1F. The fourth-order valence-corrected chi connectivity index (χ4v) is 2.75.